The van der Waals surface area contributed by atoms with Crippen LogP contribution in [0.1, 0.15) is 25.5 Å². The average Bonchev–Trinajstić information content (AvgIpc) is 2.21. The normalized spacial score (nSPS) is 18.2. The van der Waals surface area contributed by atoms with E-state index in [-0.39, 0.29) is 7.43 Å². The van der Waals surface area contributed by atoms with E-state index in [0.717, 1.165) is 12.8 Å². The van der Waals surface area contributed by atoms with Gasteiger partial charge in [0.05, 0.1) is 5.60 Å². The highest BCUT2D eigenvalue weighted by Crippen LogP contribution is 2.28. The third-order valence-electron chi connectivity index (χ3n) is 2.26. The lowest BCUT2D eigenvalue weighted by Crippen LogP contribution is -2.23. The Labute approximate surface area is 74.1 Å². The fourth-order valence-electron chi connectivity index (χ4n) is 1.79. The number of aliphatic hydroxyl groups is 1. The van der Waals surface area contributed by atoms with Gasteiger partial charge >= 0.3 is 0 Å². The van der Waals surface area contributed by atoms with E-state index in [9.17, 15) is 5.11 Å². The molecule has 0 aromatic heterocycles. The van der Waals surface area contributed by atoms with Crippen molar-refractivity contribution in [1.82, 2.24) is 0 Å². The minimum absolute atomic E-state index is 0. The van der Waals surface area contributed by atoms with E-state index in [1.165, 1.54) is 11.1 Å². The van der Waals surface area contributed by atoms with Crippen LogP contribution in [-0.4, -0.2) is 10.7 Å². The third-order valence-corrected chi connectivity index (χ3v) is 2.26. The SMILES string of the molecule is C.CC1(O)Cc2ccccc2C1. The first kappa shape index (κ1) is 9.27. The molecule has 0 bridgehead atoms. The molecule has 0 heterocycles. The second-order valence-electron chi connectivity index (χ2n) is 3.62. The number of benzene rings is 1. The summed E-state index contributed by atoms with van der Waals surface area (Å²) in [7, 11) is 0. The zero-order chi connectivity index (χ0) is 7.90. The molecule has 1 nitrogen and oxygen atoms in total. The topological polar surface area (TPSA) is 20.2 Å². The average molecular weight is 164 g/mol. The van der Waals surface area contributed by atoms with Crippen LogP contribution in [-0.2, 0) is 12.8 Å². The molecule has 0 saturated carbocycles. The van der Waals surface area contributed by atoms with E-state index in [4.69, 9.17) is 0 Å². The molecule has 2 rings (SSSR count). The van der Waals surface area contributed by atoms with Crippen LogP contribution in [0.2, 0.25) is 0 Å². The van der Waals surface area contributed by atoms with Crippen LogP contribution < -0.4 is 0 Å². The van der Waals surface area contributed by atoms with Gasteiger partial charge in [-0.3, -0.25) is 0 Å². The van der Waals surface area contributed by atoms with Crippen LogP contribution in [0.25, 0.3) is 0 Å². The fraction of sp³-hybridized carbons (Fsp3) is 0.455. The molecule has 1 N–H and O–H groups in total. The molecule has 0 saturated heterocycles. The second-order valence-corrected chi connectivity index (χ2v) is 3.62. The maximum Gasteiger partial charge on any atom is 0.0700 e. The van der Waals surface area contributed by atoms with Gasteiger partial charge in [0.25, 0.3) is 0 Å². The summed E-state index contributed by atoms with van der Waals surface area (Å²) in [5.74, 6) is 0. The van der Waals surface area contributed by atoms with E-state index in [1.54, 1.807) is 0 Å². The van der Waals surface area contributed by atoms with Crippen LogP contribution in [0.4, 0.5) is 0 Å². The third kappa shape index (κ3) is 1.51. The lowest BCUT2D eigenvalue weighted by molar-refractivity contribution is 0.0719. The van der Waals surface area contributed by atoms with Gasteiger partial charge in [0, 0.05) is 12.8 Å². The van der Waals surface area contributed by atoms with Crippen molar-refractivity contribution in [3.05, 3.63) is 35.4 Å². The maximum atomic E-state index is 9.72. The number of rotatable bonds is 0. The smallest absolute Gasteiger partial charge is 0.0700 e. The predicted octanol–water partition coefficient (Wildman–Crippen LogP) is 2.17. The fourth-order valence-corrected chi connectivity index (χ4v) is 1.79. The van der Waals surface area contributed by atoms with Crippen LogP contribution in [0.15, 0.2) is 24.3 Å². The quantitative estimate of drug-likeness (QED) is 0.623. The first-order valence-corrected chi connectivity index (χ1v) is 3.97. The molecule has 1 aromatic carbocycles. The Morgan fingerprint density at radius 3 is 2.00 bits per heavy atom. The van der Waals surface area contributed by atoms with Gasteiger partial charge in [0.15, 0.2) is 0 Å². The standard InChI is InChI=1S/C10H12O.CH4/c1-10(11)6-8-4-2-3-5-9(8)7-10;/h2-5,11H,6-7H2,1H3;1H4. The molecular formula is C11H16O. The molecule has 0 atom stereocenters. The molecule has 1 aromatic rings. The van der Waals surface area contributed by atoms with E-state index in [1.807, 2.05) is 19.1 Å². The van der Waals surface area contributed by atoms with Crippen molar-refractivity contribution in [2.75, 3.05) is 0 Å². The highest BCUT2D eigenvalue weighted by atomic mass is 16.3. The molecule has 1 heteroatoms. The summed E-state index contributed by atoms with van der Waals surface area (Å²) in [4.78, 5) is 0. The number of fused-ring (bicyclic) bond motifs is 1. The Balaban J connectivity index is 0.000000720. The Morgan fingerprint density at radius 1 is 1.17 bits per heavy atom. The lowest BCUT2D eigenvalue weighted by Gasteiger charge is -2.13. The second kappa shape index (κ2) is 2.91. The highest BCUT2D eigenvalue weighted by molar-refractivity contribution is 5.34. The minimum Gasteiger partial charge on any atom is -0.389 e. The lowest BCUT2D eigenvalue weighted by atomic mass is 10.0. The minimum atomic E-state index is -0.496. The largest absolute Gasteiger partial charge is 0.389 e. The summed E-state index contributed by atoms with van der Waals surface area (Å²) in [5.41, 5.74) is 2.11. The Morgan fingerprint density at radius 2 is 1.58 bits per heavy atom. The van der Waals surface area contributed by atoms with Gasteiger partial charge < -0.3 is 5.11 Å². The summed E-state index contributed by atoms with van der Waals surface area (Å²) >= 11 is 0. The van der Waals surface area contributed by atoms with Crippen molar-refractivity contribution in [2.45, 2.75) is 32.8 Å². The zero-order valence-electron chi connectivity index (χ0n) is 6.67. The maximum absolute atomic E-state index is 9.72. The molecule has 0 fully saturated rings. The Bertz CT molecular complexity index is 249. The summed E-state index contributed by atoms with van der Waals surface area (Å²) in [6.07, 6.45) is 1.62. The number of hydrogen-bond donors (Lipinski definition) is 1. The molecule has 0 spiro atoms. The van der Waals surface area contributed by atoms with E-state index < -0.39 is 5.60 Å². The number of hydrogen-bond acceptors (Lipinski definition) is 1. The van der Waals surface area contributed by atoms with Gasteiger partial charge in [0.2, 0.25) is 0 Å². The van der Waals surface area contributed by atoms with E-state index >= 15 is 0 Å². The van der Waals surface area contributed by atoms with Crippen molar-refractivity contribution in [3.63, 3.8) is 0 Å². The van der Waals surface area contributed by atoms with Crippen molar-refractivity contribution in [2.24, 2.45) is 0 Å². The zero-order valence-corrected chi connectivity index (χ0v) is 6.67. The molecule has 1 aliphatic rings. The molecule has 0 radical (unpaired) electrons. The summed E-state index contributed by atoms with van der Waals surface area (Å²) in [5, 5.41) is 9.72. The summed E-state index contributed by atoms with van der Waals surface area (Å²) in [6, 6.07) is 8.24. The van der Waals surface area contributed by atoms with Gasteiger partial charge in [-0.1, -0.05) is 31.7 Å². The van der Waals surface area contributed by atoms with Gasteiger partial charge in [0.1, 0.15) is 0 Å². The van der Waals surface area contributed by atoms with E-state index in [2.05, 4.69) is 12.1 Å². The van der Waals surface area contributed by atoms with Gasteiger partial charge in [-0.15, -0.1) is 0 Å². The molecule has 0 amide bonds. The van der Waals surface area contributed by atoms with Crippen LogP contribution >= 0.6 is 0 Å². The molecule has 66 valence electrons. The van der Waals surface area contributed by atoms with E-state index in [0.29, 0.717) is 0 Å². The van der Waals surface area contributed by atoms with Crippen molar-refractivity contribution >= 4 is 0 Å². The Hall–Kier alpha value is -0.820. The Kier molecular flexibility index (Phi) is 2.25. The monoisotopic (exact) mass is 164 g/mol. The first-order chi connectivity index (χ1) is 5.17. The van der Waals surface area contributed by atoms with Crippen molar-refractivity contribution < 1.29 is 5.11 Å². The molecule has 12 heavy (non-hydrogen) atoms. The molecule has 1 aliphatic carbocycles. The van der Waals surface area contributed by atoms with Crippen molar-refractivity contribution in [3.8, 4) is 0 Å². The van der Waals surface area contributed by atoms with Gasteiger partial charge in [-0.25, -0.2) is 0 Å². The first-order valence-electron chi connectivity index (χ1n) is 3.97. The van der Waals surface area contributed by atoms with Gasteiger partial charge in [-0.05, 0) is 18.1 Å². The molecule has 0 aliphatic heterocycles. The molecular weight excluding hydrogens is 148 g/mol. The van der Waals surface area contributed by atoms with Crippen LogP contribution in [0.3, 0.4) is 0 Å². The van der Waals surface area contributed by atoms with Crippen LogP contribution in [0.5, 0.6) is 0 Å². The highest BCUT2D eigenvalue weighted by Gasteiger charge is 2.29. The summed E-state index contributed by atoms with van der Waals surface area (Å²) < 4.78 is 0. The van der Waals surface area contributed by atoms with Crippen LogP contribution in [0, 0.1) is 0 Å². The predicted molar refractivity (Wildman–Crippen MR) is 51.2 cm³/mol. The van der Waals surface area contributed by atoms with Gasteiger partial charge in [-0.2, -0.15) is 0 Å². The molecule has 0 unspecified atom stereocenters. The summed E-state index contributed by atoms with van der Waals surface area (Å²) in [6.45, 7) is 1.90. The van der Waals surface area contributed by atoms with Crippen molar-refractivity contribution in [1.29, 1.82) is 0 Å².